The summed E-state index contributed by atoms with van der Waals surface area (Å²) in [6.07, 6.45) is 10.1. The van der Waals surface area contributed by atoms with Crippen molar-refractivity contribution in [3.05, 3.63) is 95.8 Å². The summed E-state index contributed by atoms with van der Waals surface area (Å²) >= 11 is 0. The molecule has 3 N–H and O–H groups in total. The van der Waals surface area contributed by atoms with Crippen LogP contribution >= 0.6 is 0 Å². The molecule has 252 valence electrons. The van der Waals surface area contributed by atoms with Crippen LogP contribution in [-0.2, 0) is 50.0 Å². The monoisotopic (exact) mass is 668 g/mol. The maximum absolute atomic E-state index is 11.3. The molecule has 0 aliphatic heterocycles. The van der Waals surface area contributed by atoms with Crippen LogP contribution in [0.4, 0.5) is 23.0 Å². The molecule has 48 heavy (non-hydrogen) atoms. The summed E-state index contributed by atoms with van der Waals surface area (Å²) in [6.45, 7) is 5.09. The second-order valence-corrected chi connectivity index (χ2v) is 13.7. The second-order valence-electron chi connectivity index (χ2n) is 11.8. The Morgan fingerprint density at radius 1 is 0.729 bits per heavy atom. The van der Waals surface area contributed by atoms with Crippen molar-refractivity contribution < 1.29 is 8.42 Å². The molecule has 0 aliphatic rings. The first-order valence-electron chi connectivity index (χ1n) is 15.8. The van der Waals surface area contributed by atoms with Crippen LogP contribution in [0.1, 0.15) is 36.1 Å². The zero-order valence-electron chi connectivity index (χ0n) is 28.6. The average molecular weight is 669 g/mol. The minimum atomic E-state index is -3.21. The SMILES string of the molecule is CCc1cc(CN)ccc1N(C)c1cc2c(cn1)ncn2C.CCc1cc(CNS(C)(=O)=O)ccc1N(C)c1cc2c(cn1)ncn2C. The standard InChI is InChI=1S/C18H23N5O2S.C17H21N5/c1-5-14-8-13(10-21-26(4,24)25)6-7-16(14)23(3)18-9-17-15(11-19-18)20-12-22(17)2;1-4-13-7-12(9-18)5-6-15(13)22(3)17-8-16-14(10-19-17)20-11-21(16)2/h6-9,11-12,21H,5,10H2,1-4H3;5-8,10-11H,4,9,18H2,1-3H3. The Kier molecular flexibility index (Phi) is 10.4. The summed E-state index contributed by atoms with van der Waals surface area (Å²) in [5.41, 5.74) is 16.3. The zero-order valence-corrected chi connectivity index (χ0v) is 29.5. The number of nitrogens with one attached hydrogen (secondary N) is 1. The van der Waals surface area contributed by atoms with Crippen LogP contribution in [0.3, 0.4) is 0 Å². The van der Waals surface area contributed by atoms with Crippen molar-refractivity contribution in [2.45, 2.75) is 39.8 Å². The summed E-state index contributed by atoms with van der Waals surface area (Å²) in [7, 11) is 4.76. The third-order valence-electron chi connectivity index (χ3n) is 8.43. The van der Waals surface area contributed by atoms with E-state index in [4.69, 9.17) is 5.73 Å². The van der Waals surface area contributed by atoms with Crippen LogP contribution in [0.5, 0.6) is 0 Å². The quantitative estimate of drug-likeness (QED) is 0.204. The molecule has 0 saturated carbocycles. The molecule has 12 nitrogen and oxygen atoms in total. The zero-order chi connectivity index (χ0) is 34.6. The van der Waals surface area contributed by atoms with Gasteiger partial charge < -0.3 is 24.7 Å². The van der Waals surface area contributed by atoms with E-state index in [9.17, 15) is 8.42 Å². The van der Waals surface area contributed by atoms with E-state index in [2.05, 4.69) is 67.7 Å². The number of hydrogen-bond acceptors (Lipinski definition) is 9. The highest BCUT2D eigenvalue weighted by Gasteiger charge is 2.14. The lowest BCUT2D eigenvalue weighted by atomic mass is 10.1. The number of imidazole rings is 2. The summed E-state index contributed by atoms with van der Waals surface area (Å²) < 4.78 is 29.1. The molecule has 2 aromatic carbocycles. The number of hydrogen-bond donors (Lipinski definition) is 2. The van der Waals surface area contributed by atoms with E-state index in [0.717, 1.165) is 80.9 Å². The van der Waals surface area contributed by atoms with Crippen LogP contribution in [0.25, 0.3) is 22.1 Å². The van der Waals surface area contributed by atoms with Crippen molar-refractivity contribution in [3.8, 4) is 0 Å². The second kappa shape index (κ2) is 14.5. The molecular weight excluding hydrogens is 625 g/mol. The van der Waals surface area contributed by atoms with Crippen LogP contribution in [0.15, 0.2) is 73.6 Å². The van der Waals surface area contributed by atoms with Gasteiger partial charge in [0.25, 0.3) is 0 Å². The van der Waals surface area contributed by atoms with Gasteiger partial charge in [0, 0.05) is 64.8 Å². The Hall–Kier alpha value is -4.85. The number of sulfonamides is 1. The Bertz CT molecular complexity index is 2160. The van der Waals surface area contributed by atoms with Crippen molar-refractivity contribution in [3.63, 3.8) is 0 Å². The Morgan fingerprint density at radius 3 is 1.62 bits per heavy atom. The van der Waals surface area contributed by atoms with E-state index in [1.807, 2.05) is 79.0 Å². The average Bonchev–Trinajstić information content (AvgIpc) is 3.66. The van der Waals surface area contributed by atoms with Crippen LogP contribution in [-0.4, -0.2) is 57.8 Å². The van der Waals surface area contributed by atoms with Gasteiger partial charge in [0.05, 0.1) is 42.3 Å². The normalized spacial score (nSPS) is 11.5. The lowest BCUT2D eigenvalue weighted by Crippen LogP contribution is -2.21. The molecule has 0 fully saturated rings. The minimum Gasteiger partial charge on any atom is -0.334 e. The van der Waals surface area contributed by atoms with E-state index in [0.29, 0.717) is 6.54 Å². The van der Waals surface area contributed by atoms with Crippen LogP contribution in [0.2, 0.25) is 0 Å². The Labute approximate surface area is 282 Å². The molecule has 6 rings (SSSR count). The molecule has 4 heterocycles. The molecule has 0 spiro atoms. The van der Waals surface area contributed by atoms with E-state index < -0.39 is 10.0 Å². The topological polar surface area (TPSA) is 140 Å². The third kappa shape index (κ3) is 7.64. The van der Waals surface area contributed by atoms with Gasteiger partial charge in [-0.3, -0.25) is 0 Å². The van der Waals surface area contributed by atoms with Gasteiger partial charge in [0.1, 0.15) is 22.7 Å². The number of pyridine rings is 2. The highest BCUT2D eigenvalue weighted by atomic mass is 32.2. The number of aryl methyl sites for hydroxylation is 4. The number of rotatable bonds is 10. The molecule has 0 unspecified atom stereocenters. The highest BCUT2D eigenvalue weighted by Crippen LogP contribution is 2.30. The first-order valence-corrected chi connectivity index (χ1v) is 17.7. The van der Waals surface area contributed by atoms with E-state index >= 15 is 0 Å². The van der Waals surface area contributed by atoms with Gasteiger partial charge in [-0.15, -0.1) is 0 Å². The number of anilines is 4. The lowest BCUT2D eigenvalue weighted by Gasteiger charge is -2.22. The van der Waals surface area contributed by atoms with E-state index in [-0.39, 0.29) is 6.54 Å². The van der Waals surface area contributed by atoms with Crippen molar-refractivity contribution in [2.75, 3.05) is 30.2 Å². The smallest absolute Gasteiger partial charge is 0.209 e. The van der Waals surface area contributed by atoms with Gasteiger partial charge in [-0.05, 0) is 47.2 Å². The van der Waals surface area contributed by atoms with Gasteiger partial charge in [-0.1, -0.05) is 38.1 Å². The maximum atomic E-state index is 11.3. The first-order chi connectivity index (χ1) is 22.9. The predicted molar refractivity (Wildman–Crippen MR) is 194 cm³/mol. The summed E-state index contributed by atoms with van der Waals surface area (Å²) in [6, 6.07) is 16.4. The number of benzene rings is 2. The van der Waals surface area contributed by atoms with Gasteiger partial charge >= 0.3 is 0 Å². The molecular formula is C35H44N10O2S. The van der Waals surface area contributed by atoms with Crippen molar-refractivity contribution >= 4 is 55.1 Å². The molecule has 6 aromatic rings. The largest absolute Gasteiger partial charge is 0.334 e. The Morgan fingerprint density at radius 2 is 1.19 bits per heavy atom. The van der Waals surface area contributed by atoms with Gasteiger partial charge in [0.2, 0.25) is 10.0 Å². The molecule has 0 atom stereocenters. The van der Waals surface area contributed by atoms with E-state index in [1.54, 1.807) is 12.5 Å². The molecule has 13 heteroatoms. The third-order valence-corrected chi connectivity index (χ3v) is 9.10. The lowest BCUT2D eigenvalue weighted by molar-refractivity contribution is 0.587. The van der Waals surface area contributed by atoms with Crippen LogP contribution < -0.4 is 20.3 Å². The summed E-state index contributed by atoms with van der Waals surface area (Å²) in [5, 5.41) is 0. The first kappa shape index (κ1) is 34.5. The summed E-state index contributed by atoms with van der Waals surface area (Å²) in [5.74, 6) is 1.74. The molecule has 0 saturated heterocycles. The molecule has 0 radical (unpaired) electrons. The molecule has 4 aromatic heterocycles. The van der Waals surface area contributed by atoms with Gasteiger partial charge in [-0.2, -0.15) is 0 Å². The maximum Gasteiger partial charge on any atom is 0.209 e. The Balaban J connectivity index is 0.000000190. The van der Waals surface area contributed by atoms with Crippen molar-refractivity contribution in [1.82, 2.24) is 33.8 Å². The number of fused-ring (bicyclic) bond motifs is 2. The molecule has 0 amide bonds. The summed E-state index contributed by atoms with van der Waals surface area (Å²) in [4.78, 5) is 21.8. The van der Waals surface area contributed by atoms with Crippen molar-refractivity contribution in [2.24, 2.45) is 19.8 Å². The van der Waals surface area contributed by atoms with Crippen molar-refractivity contribution in [1.29, 1.82) is 0 Å². The number of aromatic nitrogens is 6. The van der Waals surface area contributed by atoms with Crippen LogP contribution in [0, 0.1) is 0 Å². The van der Waals surface area contributed by atoms with E-state index in [1.165, 1.54) is 5.56 Å². The molecule has 0 bridgehead atoms. The number of nitrogens with two attached hydrogens (primary N) is 1. The van der Waals surface area contributed by atoms with Gasteiger partial charge in [0.15, 0.2) is 0 Å². The predicted octanol–water partition coefficient (Wildman–Crippen LogP) is 5.11. The van der Waals surface area contributed by atoms with Gasteiger partial charge in [-0.25, -0.2) is 33.1 Å². The highest BCUT2D eigenvalue weighted by molar-refractivity contribution is 7.88. The molecule has 0 aliphatic carbocycles. The fourth-order valence-electron chi connectivity index (χ4n) is 5.60. The minimum absolute atomic E-state index is 0.287. The fraction of sp³-hybridized carbons (Fsp3) is 0.314. The number of nitrogens with zero attached hydrogens (tertiary/aromatic N) is 8. The fourth-order valence-corrected chi connectivity index (χ4v) is 6.03.